The van der Waals surface area contributed by atoms with E-state index in [0.717, 1.165) is 12.1 Å². The van der Waals surface area contributed by atoms with Gasteiger partial charge in [0.1, 0.15) is 0 Å². The molecule has 3 N–H and O–H groups in total. The number of hydrogen-bond acceptors (Lipinski definition) is 3. The maximum Gasteiger partial charge on any atom is 0.332 e. The van der Waals surface area contributed by atoms with Crippen LogP contribution in [0.15, 0.2) is 5.10 Å². The summed E-state index contributed by atoms with van der Waals surface area (Å²) in [5.41, 5.74) is 8.53. The molecule has 2 aliphatic rings. The van der Waals surface area contributed by atoms with Crippen molar-refractivity contribution >= 4 is 23.5 Å². The lowest BCUT2D eigenvalue weighted by Crippen LogP contribution is -2.34. The van der Waals surface area contributed by atoms with E-state index in [0.29, 0.717) is 16.4 Å². The average Bonchev–Trinajstić information content (AvgIpc) is 2.61. The maximum absolute atomic E-state index is 10.6. The Hall–Kier alpha value is -0.710. The topological polar surface area (TPSA) is 67.5 Å². The number of fused-ring (bicyclic) bond motifs is 1. The van der Waals surface area contributed by atoms with E-state index in [-0.39, 0.29) is 0 Å². The highest BCUT2D eigenvalue weighted by molar-refractivity contribution is 8.00. The molecule has 4 nitrogen and oxygen atoms in total. The second-order valence-corrected chi connectivity index (χ2v) is 5.99. The normalized spacial score (nSPS) is 37.7. The highest BCUT2D eigenvalue weighted by Gasteiger charge is 2.37. The third-order valence-corrected chi connectivity index (χ3v) is 4.64. The molecule has 2 rings (SSSR count). The summed E-state index contributed by atoms with van der Waals surface area (Å²) in [7, 11) is 0. The van der Waals surface area contributed by atoms with Gasteiger partial charge in [-0.2, -0.15) is 16.9 Å². The molecule has 2 amide bonds. The van der Waals surface area contributed by atoms with Crippen LogP contribution in [0.2, 0.25) is 0 Å². The van der Waals surface area contributed by atoms with E-state index in [9.17, 15) is 4.79 Å². The standard InChI is InChI=1S/C10H17N3OS/c1-6-5-8(12-13-10(11)14)7-3-2-4-9(7)15-6/h6-7,9H,2-5H2,1H3,(H3,11,13,14)/b12-8-. The van der Waals surface area contributed by atoms with Crippen molar-refractivity contribution in [1.82, 2.24) is 5.43 Å². The summed E-state index contributed by atoms with van der Waals surface area (Å²) in [5, 5.41) is 5.47. The van der Waals surface area contributed by atoms with Gasteiger partial charge in [0.2, 0.25) is 0 Å². The molecule has 2 fully saturated rings. The summed E-state index contributed by atoms with van der Waals surface area (Å²) >= 11 is 2.07. The van der Waals surface area contributed by atoms with Crippen molar-refractivity contribution in [2.75, 3.05) is 0 Å². The Morgan fingerprint density at radius 2 is 2.40 bits per heavy atom. The summed E-state index contributed by atoms with van der Waals surface area (Å²) in [6, 6.07) is -0.567. The van der Waals surface area contributed by atoms with Crippen LogP contribution in [0.1, 0.15) is 32.6 Å². The first-order valence-electron chi connectivity index (χ1n) is 5.44. The van der Waals surface area contributed by atoms with Gasteiger partial charge >= 0.3 is 6.03 Å². The van der Waals surface area contributed by atoms with Crippen LogP contribution in [0, 0.1) is 5.92 Å². The summed E-state index contributed by atoms with van der Waals surface area (Å²) in [4.78, 5) is 10.6. The van der Waals surface area contributed by atoms with Gasteiger partial charge in [-0.1, -0.05) is 13.3 Å². The van der Waals surface area contributed by atoms with Gasteiger partial charge in [-0.15, -0.1) is 0 Å². The number of hydrogen-bond donors (Lipinski definition) is 2. The predicted molar refractivity (Wildman–Crippen MR) is 63.0 cm³/mol. The van der Waals surface area contributed by atoms with Crippen LogP contribution >= 0.6 is 11.8 Å². The zero-order valence-corrected chi connectivity index (χ0v) is 9.72. The zero-order valence-electron chi connectivity index (χ0n) is 8.90. The predicted octanol–water partition coefficient (Wildman–Crippen LogP) is 1.70. The Bertz CT molecular complexity index is 292. The molecule has 1 saturated heterocycles. The molecule has 1 heterocycles. The minimum atomic E-state index is -0.567. The summed E-state index contributed by atoms with van der Waals surface area (Å²) < 4.78 is 0. The maximum atomic E-state index is 10.6. The van der Waals surface area contributed by atoms with Gasteiger partial charge < -0.3 is 5.73 Å². The van der Waals surface area contributed by atoms with Crippen molar-refractivity contribution < 1.29 is 4.79 Å². The number of thioether (sulfide) groups is 1. The van der Waals surface area contributed by atoms with Gasteiger partial charge in [-0.25, -0.2) is 10.2 Å². The molecule has 1 aliphatic carbocycles. The Balaban J connectivity index is 2.07. The van der Waals surface area contributed by atoms with Gasteiger partial charge in [0.25, 0.3) is 0 Å². The summed E-state index contributed by atoms with van der Waals surface area (Å²) in [6.07, 6.45) is 4.76. The number of nitrogens with two attached hydrogens (primary N) is 1. The second-order valence-electron chi connectivity index (χ2n) is 4.31. The number of primary amides is 1. The molecule has 0 aromatic carbocycles. The monoisotopic (exact) mass is 227 g/mol. The minimum Gasteiger partial charge on any atom is -0.350 e. The van der Waals surface area contributed by atoms with Crippen molar-refractivity contribution in [3.8, 4) is 0 Å². The molecule has 1 saturated carbocycles. The van der Waals surface area contributed by atoms with Gasteiger partial charge in [-0.3, -0.25) is 0 Å². The molecular formula is C10H17N3OS. The fourth-order valence-corrected chi connectivity index (χ4v) is 4.17. The quantitative estimate of drug-likeness (QED) is 0.670. The van der Waals surface area contributed by atoms with Crippen molar-refractivity contribution in [2.45, 2.75) is 43.1 Å². The van der Waals surface area contributed by atoms with E-state index in [4.69, 9.17) is 5.73 Å². The van der Waals surface area contributed by atoms with Crippen LogP contribution < -0.4 is 11.2 Å². The second kappa shape index (κ2) is 4.43. The van der Waals surface area contributed by atoms with Gasteiger partial charge in [0, 0.05) is 22.1 Å². The number of rotatable bonds is 1. The number of urea groups is 1. The smallest absolute Gasteiger partial charge is 0.332 e. The number of carbonyl (C=O) groups is 1. The van der Waals surface area contributed by atoms with Gasteiger partial charge in [0.05, 0.1) is 0 Å². The van der Waals surface area contributed by atoms with Crippen LogP contribution in [-0.2, 0) is 0 Å². The molecule has 0 spiro atoms. The molecule has 0 radical (unpaired) electrons. The van der Waals surface area contributed by atoms with E-state index in [1.54, 1.807) is 0 Å². The third kappa shape index (κ3) is 2.45. The first-order valence-corrected chi connectivity index (χ1v) is 6.38. The van der Waals surface area contributed by atoms with E-state index < -0.39 is 6.03 Å². The first-order chi connectivity index (χ1) is 7.16. The zero-order chi connectivity index (χ0) is 10.8. The summed E-state index contributed by atoms with van der Waals surface area (Å²) in [6.45, 7) is 2.22. The van der Waals surface area contributed by atoms with Crippen LogP contribution in [-0.4, -0.2) is 22.2 Å². The van der Waals surface area contributed by atoms with Crippen molar-refractivity contribution in [2.24, 2.45) is 16.8 Å². The molecule has 1 aliphatic heterocycles. The molecule has 0 aromatic heterocycles. The number of nitrogens with one attached hydrogen (secondary N) is 1. The Labute approximate surface area is 94.1 Å². The number of carbonyl (C=O) groups excluding carboxylic acids is 1. The lowest BCUT2D eigenvalue weighted by atomic mass is 9.97. The van der Waals surface area contributed by atoms with E-state index in [1.807, 2.05) is 0 Å². The first kappa shape index (κ1) is 10.8. The van der Waals surface area contributed by atoms with Crippen LogP contribution in [0.25, 0.3) is 0 Å². The van der Waals surface area contributed by atoms with Gasteiger partial charge in [0.15, 0.2) is 0 Å². The Morgan fingerprint density at radius 1 is 1.60 bits per heavy atom. The van der Waals surface area contributed by atoms with Crippen molar-refractivity contribution in [3.05, 3.63) is 0 Å². The van der Waals surface area contributed by atoms with Crippen molar-refractivity contribution in [3.63, 3.8) is 0 Å². The third-order valence-electron chi connectivity index (χ3n) is 3.09. The summed E-state index contributed by atoms with van der Waals surface area (Å²) in [5.74, 6) is 0.568. The molecule has 0 bridgehead atoms. The number of hydrazone groups is 1. The van der Waals surface area contributed by atoms with Gasteiger partial charge in [-0.05, 0) is 19.3 Å². The van der Waals surface area contributed by atoms with Crippen LogP contribution in [0.4, 0.5) is 4.79 Å². The van der Waals surface area contributed by atoms with E-state index in [2.05, 4.69) is 29.2 Å². The highest BCUT2D eigenvalue weighted by Crippen LogP contribution is 2.43. The van der Waals surface area contributed by atoms with E-state index in [1.165, 1.54) is 19.3 Å². The fraction of sp³-hybridized carbons (Fsp3) is 0.800. The van der Waals surface area contributed by atoms with E-state index >= 15 is 0 Å². The van der Waals surface area contributed by atoms with Crippen LogP contribution in [0.5, 0.6) is 0 Å². The molecule has 3 atom stereocenters. The molecule has 5 heteroatoms. The number of nitrogens with zero attached hydrogens (tertiary/aromatic N) is 1. The average molecular weight is 227 g/mol. The van der Waals surface area contributed by atoms with Crippen LogP contribution in [0.3, 0.4) is 0 Å². The minimum absolute atomic E-state index is 0.567. The van der Waals surface area contributed by atoms with Crippen molar-refractivity contribution in [1.29, 1.82) is 0 Å². The molecule has 3 unspecified atom stereocenters. The Kier molecular flexibility index (Phi) is 3.19. The molecule has 0 aromatic rings. The SMILES string of the molecule is CC1C/C(=N/NC(N)=O)C2CCCC2S1. The lowest BCUT2D eigenvalue weighted by molar-refractivity contribution is 0.249. The number of amides is 2. The highest BCUT2D eigenvalue weighted by atomic mass is 32.2. The Morgan fingerprint density at radius 3 is 3.13 bits per heavy atom. The fourth-order valence-electron chi connectivity index (χ4n) is 2.52. The largest absolute Gasteiger partial charge is 0.350 e. The molecule has 84 valence electrons. The molecule has 15 heavy (non-hydrogen) atoms. The molecular weight excluding hydrogens is 210 g/mol. The lowest BCUT2D eigenvalue weighted by Gasteiger charge is -2.30.